The van der Waals surface area contributed by atoms with Crippen molar-refractivity contribution in [2.75, 3.05) is 20.2 Å². The molecule has 1 aliphatic heterocycles. The van der Waals surface area contributed by atoms with E-state index in [0.29, 0.717) is 13.1 Å². The highest BCUT2D eigenvalue weighted by molar-refractivity contribution is 6.33. The monoisotopic (exact) mass is 333 g/mol. The maximum atomic E-state index is 13.9. The molecule has 0 bridgehead atoms. The van der Waals surface area contributed by atoms with Gasteiger partial charge in [-0.25, -0.2) is 4.39 Å². The van der Waals surface area contributed by atoms with Crippen LogP contribution in [0.25, 0.3) is 0 Å². The smallest absolute Gasteiger partial charge is 0.258 e. The van der Waals surface area contributed by atoms with Gasteiger partial charge in [-0.1, -0.05) is 29.8 Å². The molecule has 5 heteroatoms. The van der Waals surface area contributed by atoms with Crippen molar-refractivity contribution < 1.29 is 13.9 Å². The number of hydrogen-bond donors (Lipinski definition) is 0. The van der Waals surface area contributed by atoms with Gasteiger partial charge in [0, 0.05) is 19.0 Å². The standard InChI is InChI=1S/C18H17ClFNO2/c1-23-14-7-5-12(6-8-14)13-9-10-21(11-13)18(22)17-15(19)3-2-4-16(17)20/h2-8,13H,9-11H2,1H3. The van der Waals surface area contributed by atoms with Gasteiger partial charge in [0.2, 0.25) is 0 Å². The first-order valence-corrected chi connectivity index (χ1v) is 7.85. The van der Waals surface area contributed by atoms with Crippen molar-refractivity contribution >= 4 is 17.5 Å². The highest BCUT2D eigenvalue weighted by Crippen LogP contribution is 2.30. The van der Waals surface area contributed by atoms with Crippen LogP contribution in [0.3, 0.4) is 0 Å². The van der Waals surface area contributed by atoms with Crippen molar-refractivity contribution in [3.05, 3.63) is 64.4 Å². The first-order chi connectivity index (χ1) is 11.1. The van der Waals surface area contributed by atoms with Crippen molar-refractivity contribution in [1.29, 1.82) is 0 Å². The summed E-state index contributed by atoms with van der Waals surface area (Å²) in [5, 5.41) is 0.155. The van der Waals surface area contributed by atoms with E-state index in [9.17, 15) is 9.18 Å². The lowest BCUT2D eigenvalue weighted by Gasteiger charge is -2.18. The van der Waals surface area contributed by atoms with Crippen LogP contribution in [-0.2, 0) is 0 Å². The Labute approximate surface area is 139 Å². The van der Waals surface area contributed by atoms with E-state index in [-0.39, 0.29) is 22.4 Å². The second-order valence-corrected chi connectivity index (χ2v) is 6.01. The summed E-state index contributed by atoms with van der Waals surface area (Å²) in [6.45, 7) is 1.16. The number of ether oxygens (including phenoxy) is 1. The summed E-state index contributed by atoms with van der Waals surface area (Å²) in [6.07, 6.45) is 0.851. The van der Waals surface area contributed by atoms with Gasteiger partial charge in [-0.05, 0) is 36.2 Å². The highest BCUT2D eigenvalue weighted by atomic mass is 35.5. The second-order valence-electron chi connectivity index (χ2n) is 5.61. The molecule has 0 saturated carbocycles. The van der Waals surface area contributed by atoms with E-state index in [1.54, 1.807) is 12.0 Å². The van der Waals surface area contributed by atoms with Gasteiger partial charge >= 0.3 is 0 Å². The zero-order valence-electron chi connectivity index (χ0n) is 12.8. The van der Waals surface area contributed by atoms with E-state index in [2.05, 4.69) is 0 Å². The summed E-state index contributed by atoms with van der Waals surface area (Å²) >= 11 is 5.99. The molecular formula is C18H17ClFNO2. The molecular weight excluding hydrogens is 317 g/mol. The average Bonchev–Trinajstić information content (AvgIpc) is 3.04. The third-order valence-electron chi connectivity index (χ3n) is 4.24. The maximum Gasteiger partial charge on any atom is 0.258 e. The van der Waals surface area contributed by atoms with Crippen molar-refractivity contribution in [3.63, 3.8) is 0 Å². The number of likely N-dealkylation sites (tertiary alicyclic amines) is 1. The Kier molecular flexibility index (Phi) is 4.53. The number of halogens is 2. The van der Waals surface area contributed by atoms with Crippen LogP contribution in [0.5, 0.6) is 5.75 Å². The molecule has 3 nitrogen and oxygen atoms in total. The zero-order valence-corrected chi connectivity index (χ0v) is 13.5. The van der Waals surface area contributed by atoms with Gasteiger partial charge in [0.05, 0.1) is 17.7 Å². The third-order valence-corrected chi connectivity index (χ3v) is 4.55. The SMILES string of the molecule is COc1ccc(C2CCN(C(=O)c3c(F)cccc3Cl)C2)cc1. The minimum Gasteiger partial charge on any atom is -0.497 e. The molecule has 1 saturated heterocycles. The summed E-state index contributed by atoms with van der Waals surface area (Å²) < 4.78 is 19.1. The Morgan fingerprint density at radius 3 is 2.65 bits per heavy atom. The fraction of sp³-hybridized carbons (Fsp3) is 0.278. The summed E-state index contributed by atoms with van der Waals surface area (Å²) in [6, 6.07) is 12.1. The molecule has 2 aromatic rings. The van der Waals surface area contributed by atoms with Gasteiger partial charge in [-0.3, -0.25) is 4.79 Å². The molecule has 0 spiro atoms. The first kappa shape index (κ1) is 15.8. The number of methoxy groups -OCH3 is 1. The molecule has 1 heterocycles. The molecule has 1 amide bonds. The molecule has 3 rings (SSSR count). The Balaban J connectivity index is 1.75. The van der Waals surface area contributed by atoms with Crippen molar-refractivity contribution in [1.82, 2.24) is 4.90 Å². The quantitative estimate of drug-likeness (QED) is 0.845. The number of nitrogens with zero attached hydrogens (tertiary/aromatic N) is 1. The van der Waals surface area contributed by atoms with Crippen LogP contribution in [0.15, 0.2) is 42.5 Å². The minimum absolute atomic E-state index is 0.0375. The summed E-state index contributed by atoms with van der Waals surface area (Å²) in [7, 11) is 1.63. The van der Waals surface area contributed by atoms with Crippen LogP contribution < -0.4 is 4.74 Å². The van der Waals surface area contributed by atoms with Gasteiger partial charge in [-0.15, -0.1) is 0 Å². The molecule has 1 aliphatic rings. The molecule has 23 heavy (non-hydrogen) atoms. The van der Waals surface area contributed by atoms with Gasteiger partial charge in [-0.2, -0.15) is 0 Å². The van der Waals surface area contributed by atoms with Crippen molar-refractivity contribution in [2.24, 2.45) is 0 Å². The zero-order chi connectivity index (χ0) is 16.4. The molecule has 1 unspecified atom stereocenters. The Bertz CT molecular complexity index is 697. The molecule has 0 aromatic heterocycles. The fourth-order valence-corrected chi connectivity index (χ4v) is 3.20. The number of amides is 1. The van der Waals surface area contributed by atoms with E-state index in [1.807, 2.05) is 24.3 Å². The lowest BCUT2D eigenvalue weighted by molar-refractivity contribution is 0.0786. The lowest BCUT2D eigenvalue weighted by atomic mass is 9.98. The summed E-state index contributed by atoms with van der Waals surface area (Å²) in [5.41, 5.74) is 1.12. The van der Waals surface area contributed by atoms with Crippen LogP contribution in [0.1, 0.15) is 28.3 Å². The summed E-state index contributed by atoms with van der Waals surface area (Å²) in [5.74, 6) is 0.132. The van der Waals surface area contributed by atoms with E-state index in [4.69, 9.17) is 16.3 Å². The number of benzene rings is 2. The normalized spacial score (nSPS) is 17.3. The van der Waals surface area contributed by atoms with Gasteiger partial charge in [0.15, 0.2) is 0 Å². The average molecular weight is 334 g/mol. The van der Waals surface area contributed by atoms with Gasteiger partial charge < -0.3 is 9.64 Å². The summed E-state index contributed by atoms with van der Waals surface area (Å²) in [4.78, 5) is 14.2. The highest BCUT2D eigenvalue weighted by Gasteiger charge is 2.30. The second kappa shape index (κ2) is 6.59. The predicted octanol–water partition coefficient (Wildman–Crippen LogP) is 4.12. The van der Waals surface area contributed by atoms with Crippen LogP contribution in [0.2, 0.25) is 5.02 Å². The molecule has 120 valence electrons. The molecule has 0 aliphatic carbocycles. The Hall–Kier alpha value is -2.07. The maximum absolute atomic E-state index is 13.9. The van der Waals surface area contributed by atoms with Crippen LogP contribution >= 0.6 is 11.6 Å². The minimum atomic E-state index is -0.574. The number of carbonyl (C=O) groups excluding carboxylic acids is 1. The fourth-order valence-electron chi connectivity index (χ4n) is 2.95. The molecule has 2 aromatic carbocycles. The Morgan fingerprint density at radius 1 is 1.26 bits per heavy atom. The number of hydrogen-bond acceptors (Lipinski definition) is 2. The van der Waals surface area contributed by atoms with E-state index in [0.717, 1.165) is 17.7 Å². The lowest BCUT2D eigenvalue weighted by Crippen LogP contribution is -2.29. The van der Waals surface area contributed by atoms with Gasteiger partial charge in [0.25, 0.3) is 5.91 Å². The molecule has 1 atom stereocenters. The largest absolute Gasteiger partial charge is 0.497 e. The van der Waals surface area contributed by atoms with E-state index >= 15 is 0 Å². The molecule has 0 N–H and O–H groups in total. The predicted molar refractivity (Wildman–Crippen MR) is 87.7 cm³/mol. The van der Waals surface area contributed by atoms with Crippen molar-refractivity contribution in [3.8, 4) is 5.75 Å². The van der Waals surface area contributed by atoms with Crippen LogP contribution in [0, 0.1) is 5.82 Å². The first-order valence-electron chi connectivity index (χ1n) is 7.47. The third kappa shape index (κ3) is 3.17. The molecule has 0 radical (unpaired) electrons. The van der Waals surface area contributed by atoms with Crippen LogP contribution in [-0.4, -0.2) is 31.0 Å². The molecule has 1 fully saturated rings. The van der Waals surface area contributed by atoms with Gasteiger partial charge in [0.1, 0.15) is 11.6 Å². The van der Waals surface area contributed by atoms with Crippen LogP contribution in [0.4, 0.5) is 4.39 Å². The number of carbonyl (C=O) groups is 1. The van der Waals surface area contributed by atoms with E-state index < -0.39 is 5.82 Å². The topological polar surface area (TPSA) is 29.5 Å². The number of rotatable bonds is 3. The van der Waals surface area contributed by atoms with E-state index in [1.165, 1.54) is 18.2 Å². The Morgan fingerprint density at radius 2 is 2.00 bits per heavy atom. The van der Waals surface area contributed by atoms with Crippen molar-refractivity contribution in [2.45, 2.75) is 12.3 Å².